The zero-order valence-electron chi connectivity index (χ0n) is 23.1. The first kappa shape index (κ1) is 33.8. The molecule has 11 heteroatoms. The summed E-state index contributed by atoms with van der Waals surface area (Å²) in [6.45, 7) is 0.226. The van der Waals surface area contributed by atoms with Crippen LogP contribution in [0.25, 0.3) is 0 Å². The van der Waals surface area contributed by atoms with E-state index in [9.17, 15) is 24.3 Å². The number of aliphatic hydroxyl groups is 1. The first-order valence-electron chi connectivity index (χ1n) is 14.6. The molecule has 1 saturated carbocycles. The molecule has 220 valence electrons. The second-order valence-corrected chi connectivity index (χ2v) is 10.3. The number of hydrogen-bond acceptors (Lipinski definition) is 7. The molecule has 4 amide bonds. The Hall–Kier alpha value is -2.24. The molecule has 2 atom stereocenters. The van der Waals surface area contributed by atoms with Crippen LogP contribution < -0.4 is 32.7 Å². The van der Waals surface area contributed by atoms with Gasteiger partial charge in [0, 0.05) is 19.5 Å². The number of unbranched alkanes of at least 4 members (excludes halogenated alkanes) is 7. The monoisotopic (exact) mass is 540 g/mol. The minimum Gasteiger partial charge on any atom is -0.394 e. The molecule has 0 radical (unpaired) electrons. The van der Waals surface area contributed by atoms with E-state index in [0.717, 1.165) is 57.9 Å². The van der Waals surface area contributed by atoms with Gasteiger partial charge in [-0.2, -0.15) is 0 Å². The second kappa shape index (κ2) is 21.7. The SMILES string of the molecule is NCCCCCCCCCCC(=O)N[C@@H](CO)C(=O)N[C@@H](CNC(=O)CN)C(=O)NCCC1CCCCC1. The Morgan fingerprint density at radius 3 is 1.97 bits per heavy atom. The standard InChI is InChI=1S/C27H52N6O5/c28-16-11-6-4-2-1-3-5-10-14-24(35)32-23(20-34)27(38)33-22(19-31-25(36)18-29)26(37)30-17-15-21-12-8-7-9-13-21/h21-23,34H,1-20,28-29H2,(H,30,37)(H,31,36)(H,32,35)(H,33,38)/t22-,23-/m0/s1. The van der Waals surface area contributed by atoms with Gasteiger partial charge in [0.05, 0.1) is 13.2 Å². The van der Waals surface area contributed by atoms with Crippen LogP contribution in [0.3, 0.4) is 0 Å². The summed E-state index contributed by atoms with van der Waals surface area (Å²) in [5, 5.41) is 20.2. The van der Waals surface area contributed by atoms with Crippen LogP contribution in [0.5, 0.6) is 0 Å². The van der Waals surface area contributed by atoms with E-state index in [1.54, 1.807) is 0 Å². The highest BCUT2D eigenvalue weighted by Crippen LogP contribution is 2.25. The third-order valence-electron chi connectivity index (χ3n) is 7.09. The van der Waals surface area contributed by atoms with Gasteiger partial charge in [0.15, 0.2) is 0 Å². The number of hydrogen-bond donors (Lipinski definition) is 7. The third-order valence-corrected chi connectivity index (χ3v) is 7.09. The van der Waals surface area contributed by atoms with E-state index in [4.69, 9.17) is 11.5 Å². The van der Waals surface area contributed by atoms with Gasteiger partial charge in [-0.3, -0.25) is 19.2 Å². The molecule has 0 aromatic heterocycles. The first-order chi connectivity index (χ1) is 18.4. The van der Waals surface area contributed by atoms with Crippen molar-refractivity contribution in [2.75, 3.05) is 32.8 Å². The van der Waals surface area contributed by atoms with Crippen molar-refractivity contribution in [3.05, 3.63) is 0 Å². The predicted molar refractivity (Wildman–Crippen MR) is 148 cm³/mol. The highest BCUT2D eigenvalue weighted by atomic mass is 16.3. The van der Waals surface area contributed by atoms with Crippen molar-refractivity contribution in [1.82, 2.24) is 21.3 Å². The summed E-state index contributed by atoms with van der Waals surface area (Å²) in [4.78, 5) is 49.5. The van der Waals surface area contributed by atoms with Crippen LogP contribution in [0.4, 0.5) is 0 Å². The van der Waals surface area contributed by atoms with Crippen molar-refractivity contribution < 1.29 is 24.3 Å². The van der Waals surface area contributed by atoms with E-state index in [1.807, 2.05) is 0 Å². The van der Waals surface area contributed by atoms with Gasteiger partial charge in [0.25, 0.3) is 0 Å². The molecule has 1 aliphatic carbocycles. The second-order valence-electron chi connectivity index (χ2n) is 10.3. The van der Waals surface area contributed by atoms with Gasteiger partial charge < -0.3 is 37.8 Å². The Kier molecular flexibility index (Phi) is 19.3. The summed E-state index contributed by atoms with van der Waals surface area (Å²) in [6, 6.07) is -2.24. The summed E-state index contributed by atoms with van der Waals surface area (Å²) in [5.74, 6) is -1.32. The molecular weight excluding hydrogens is 488 g/mol. The van der Waals surface area contributed by atoms with Crippen LogP contribution in [0, 0.1) is 5.92 Å². The quantitative estimate of drug-likeness (QED) is 0.104. The summed E-state index contributed by atoms with van der Waals surface area (Å²) in [5.41, 5.74) is 10.8. The fraction of sp³-hybridized carbons (Fsp3) is 0.852. The molecule has 0 aliphatic heterocycles. The minimum atomic E-state index is -1.19. The van der Waals surface area contributed by atoms with E-state index in [0.29, 0.717) is 18.9 Å². The van der Waals surface area contributed by atoms with E-state index in [1.165, 1.54) is 32.1 Å². The van der Waals surface area contributed by atoms with Crippen molar-refractivity contribution >= 4 is 23.6 Å². The molecule has 0 aromatic carbocycles. The molecule has 0 unspecified atom stereocenters. The van der Waals surface area contributed by atoms with Crippen molar-refractivity contribution in [2.24, 2.45) is 17.4 Å². The van der Waals surface area contributed by atoms with Crippen LogP contribution in [0.2, 0.25) is 0 Å². The van der Waals surface area contributed by atoms with Gasteiger partial charge in [0.1, 0.15) is 12.1 Å². The average Bonchev–Trinajstić information content (AvgIpc) is 2.93. The summed E-state index contributed by atoms with van der Waals surface area (Å²) < 4.78 is 0. The lowest BCUT2D eigenvalue weighted by Gasteiger charge is -2.24. The molecular formula is C27H52N6O5. The van der Waals surface area contributed by atoms with Crippen LogP contribution in [-0.2, 0) is 19.2 Å². The van der Waals surface area contributed by atoms with Crippen LogP contribution in [-0.4, -0.2) is 73.6 Å². The van der Waals surface area contributed by atoms with Crippen LogP contribution in [0.15, 0.2) is 0 Å². The maximum absolute atomic E-state index is 12.8. The lowest BCUT2D eigenvalue weighted by Crippen LogP contribution is -2.58. The van der Waals surface area contributed by atoms with Gasteiger partial charge in [-0.1, -0.05) is 70.6 Å². The number of carbonyl (C=O) groups excluding carboxylic acids is 4. The lowest BCUT2D eigenvalue weighted by atomic mass is 9.87. The van der Waals surface area contributed by atoms with E-state index in [2.05, 4.69) is 21.3 Å². The molecule has 0 heterocycles. The number of carbonyl (C=O) groups is 4. The van der Waals surface area contributed by atoms with E-state index < -0.39 is 36.4 Å². The van der Waals surface area contributed by atoms with E-state index >= 15 is 0 Å². The number of nitrogens with one attached hydrogen (secondary N) is 4. The topological polar surface area (TPSA) is 189 Å². The zero-order valence-corrected chi connectivity index (χ0v) is 23.1. The summed E-state index contributed by atoms with van der Waals surface area (Å²) in [7, 11) is 0. The van der Waals surface area contributed by atoms with Crippen LogP contribution in [0.1, 0.15) is 96.3 Å². The van der Waals surface area contributed by atoms with Crippen LogP contribution >= 0.6 is 0 Å². The molecule has 38 heavy (non-hydrogen) atoms. The molecule has 0 bridgehead atoms. The Balaban J connectivity index is 2.45. The fourth-order valence-electron chi connectivity index (χ4n) is 4.72. The molecule has 0 aromatic rings. The Bertz CT molecular complexity index is 687. The molecule has 1 rings (SSSR count). The first-order valence-corrected chi connectivity index (χ1v) is 14.6. The summed E-state index contributed by atoms with van der Waals surface area (Å²) >= 11 is 0. The molecule has 1 fully saturated rings. The van der Waals surface area contributed by atoms with Crippen molar-refractivity contribution in [1.29, 1.82) is 0 Å². The molecule has 0 saturated heterocycles. The highest BCUT2D eigenvalue weighted by molar-refractivity contribution is 5.92. The lowest BCUT2D eigenvalue weighted by molar-refractivity contribution is -0.133. The van der Waals surface area contributed by atoms with Crippen molar-refractivity contribution in [3.8, 4) is 0 Å². The van der Waals surface area contributed by atoms with Gasteiger partial charge in [-0.25, -0.2) is 0 Å². The summed E-state index contributed by atoms with van der Waals surface area (Å²) in [6.07, 6.45) is 15.5. The Morgan fingerprint density at radius 1 is 0.737 bits per heavy atom. The van der Waals surface area contributed by atoms with Crippen molar-refractivity contribution in [2.45, 2.75) is 108 Å². The molecule has 9 N–H and O–H groups in total. The van der Waals surface area contributed by atoms with E-state index in [-0.39, 0.29) is 25.4 Å². The third kappa shape index (κ3) is 15.9. The minimum absolute atomic E-state index is 0.143. The number of amides is 4. The molecule has 11 nitrogen and oxygen atoms in total. The number of rotatable bonds is 21. The van der Waals surface area contributed by atoms with Gasteiger partial charge >= 0.3 is 0 Å². The Labute approximate surface area is 228 Å². The smallest absolute Gasteiger partial charge is 0.245 e. The predicted octanol–water partition coefficient (Wildman–Crippen LogP) is 0.579. The normalized spacial score (nSPS) is 15.3. The Morgan fingerprint density at radius 2 is 1.37 bits per heavy atom. The van der Waals surface area contributed by atoms with Gasteiger partial charge in [-0.15, -0.1) is 0 Å². The number of nitrogens with two attached hydrogens (primary N) is 2. The van der Waals surface area contributed by atoms with Crippen molar-refractivity contribution in [3.63, 3.8) is 0 Å². The number of aliphatic hydroxyl groups excluding tert-OH is 1. The highest BCUT2D eigenvalue weighted by Gasteiger charge is 2.27. The average molecular weight is 541 g/mol. The maximum atomic E-state index is 12.8. The van der Waals surface area contributed by atoms with Gasteiger partial charge in [0.2, 0.25) is 23.6 Å². The van der Waals surface area contributed by atoms with Gasteiger partial charge in [-0.05, 0) is 31.7 Å². The molecule has 0 spiro atoms. The molecule has 1 aliphatic rings. The fourth-order valence-corrected chi connectivity index (χ4v) is 4.72. The largest absolute Gasteiger partial charge is 0.394 e. The zero-order chi connectivity index (χ0) is 28.0. The maximum Gasteiger partial charge on any atom is 0.245 e.